The Bertz CT molecular complexity index is 118. The van der Waals surface area contributed by atoms with Crippen molar-refractivity contribution in [3.63, 3.8) is 0 Å². The molecule has 0 aromatic rings. The van der Waals surface area contributed by atoms with Crippen LogP contribution in [0.3, 0.4) is 0 Å². The zero-order chi connectivity index (χ0) is 10.4. The van der Waals surface area contributed by atoms with Crippen LogP contribution in [0.1, 0.15) is 53.9 Å². The zero-order valence-electron chi connectivity index (χ0n) is 10.4. The summed E-state index contributed by atoms with van der Waals surface area (Å²) in [6, 6.07) is 0. The minimum atomic E-state index is 0.858. The molecular formula is C12H27B. The minimum absolute atomic E-state index is 0.858. The molecule has 0 aromatic carbocycles. The number of rotatable bonds is 6. The van der Waals surface area contributed by atoms with Crippen molar-refractivity contribution in [2.24, 2.45) is 17.8 Å². The molecule has 3 unspecified atom stereocenters. The standard InChI is InChI=1S/C12H27B/c1-6-12(8-11(5)13)10(4)7-9(2)3/h9-12H,6-8,13H2,1-5H3. The molecule has 0 radical (unpaired) electrons. The van der Waals surface area contributed by atoms with Gasteiger partial charge in [0.25, 0.3) is 0 Å². The third-order valence-corrected chi connectivity index (χ3v) is 2.95. The lowest BCUT2D eigenvalue weighted by Gasteiger charge is -2.25. The van der Waals surface area contributed by atoms with E-state index >= 15 is 0 Å². The monoisotopic (exact) mass is 182 g/mol. The second-order valence-corrected chi connectivity index (χ2v) is 5.40. The lowest BCUT2D eigenvalue weighted by atomic mass is 9.74. The van der Waals surface area contributed by atoms with Crippen LogP contribution >= 0.6 is 0 Å². The van der Waals surface area contributed by atoms with Crippen LogP contribution in [-0.4, -0.2) is 7.85 Å². The molecule has 78 valence electrons. The van der Waals surface area contributed by atoms with Gasteiger partial charge in [-0.1, -0.05) is 53.3 Å². The van der Waals surface area contributed by atoms with Crippen molar-refractivity contribution in [2.75, 3.05) is 0 Å². The van der Waals surface area contributed by atoms with Crippen molar-refractivity contribution >= 4 is 7.85 Å². The summed E-state index contributed by atoms with van der Waals surface area (Å²) in [7, 11) is 2.34. The molecular weight excluding hydrogens is 155 g/mol. The molecule has 0 aromatic heterocycles. The van der Waals surface area contributed by atoms with Crippen LogP contribution in [0.4, 0.5) is 0 Å². The second-order valence-electron chi connectivity index (χ2n) is 5.40. The summed E-state index contributed by atoms with van der Waals surface area (Å²) in [4.78, 5) is 0. The Kier molecular flexibility index (Phi) is 6.54. The first-order valence-electron chi connectivity index (χ1n) is 5.97. The molecule has 0 fully saturated rings. The van der Waals surface area contributed by atoms with Gasteiger partial charge >= 0.3 is 0 Å². The molecule has 0 aliphatic carbocycles. The van der Waals surface area contributed by atoms with Crippen LogP contribution in [0.25, 0.3) is 0 Å². The van der Waals surface area contributed by atoms with Crippen LogP contribution in [0, 0.1) is 17.8 Å². The fraction of sp³-hybridized carbons (Fsp3) is 1.00. The highest BCUT2D eigenvalue weighted by Crippen LogP contribution is 2.29. The predicted molar refractivity (Wildman–Crippen MR) is 65.0 cm³/mol. The van der Waals surface area contributed by atoms with Gasteiger partial charge in [-0.15, -0.1) is 0 Å². The van der Waals surface area contributed by atoms with Crippen molar-refractivity contribution in [1.29, 1.82) is 0 Å². The van der Waals surface area contributed by atoms with Crippen molar-refractivity contribution < 1.29 is 0 Å². The fourth-order valence-electron chi connectivity index (χ4n) is 2.34. The molecule has 0 spiro atoms. The summed E-state index contributed by atoms with van der Waals surface area (Å²) in [5, 5.41) is 0. The maximum Gasteiger partial charge on any atom is 0.105 e. The summed E-state index contributed by atoms with van der Waals surface area (Å²) in [5.74, 6) is 3.57. The van der Waals surface area contributed by atoms with Gasteiger partial charge in [0.1, 0.15) is 7.85 Å². The van der Waals surface area contributed by atoms with Crippen LogP contribution in [0.15, 0.2) is 0 Å². The highest BCUT2D eigenvalue weighted by Gasteiger charge is 2.17. The Morgan fingerprint density at radius 2 is 1.54 bits per heavy atom. The maximum absolute atomic E-state index is 2.43. The first-order chi connectivity index (χ1) is 5.97. The molecule has 0 bridgehead atoms. The summed E-state index contributed by atoms with van der Waals surface area (Å²) in [6.07, 6.45) is 4.15. The molecule has 0 heterocycles. The molecule has 0 aliphatic rings. The van der Waals surface area contributed by atoms with E-state index in [0.717, 1.165) is 23.6 Å². The Hall–Kier alpha value is 0.0649. The molecule has 0 amide bonds. The van der Waals surface area contributed by atoms with Crippen molar-refractivity contribution in [3.05, 3.63) is 0 Å². The van der Waals surface area contributed by atoms with Gasteiger partial charge in [-0.2, -0.15) is 0 Å². The molecule has 0 saturated carbocycles. The quantitative estimate of drug-likeness (QED) is 0.551. The van der Waals surface area contributed by atoms with E-state index in [4.69, 9.17) is 0 Å². The predicted octanol–water partition coefficient (Wildman–Crippen LogP) is 3.53. The van der Waals surface area contributed by atoms with Crippen molar-refractivity contribution in [3.8, 4) is 0 Å². The summed E-state index contributed by atoms with van der Waals surface area (Å²) in [5.41, 5.74) is 0. The lowest BCUT2D eigenvalue weighted by molar-refractivity contribution is 0.278. The van der Waals surface area contributed by atoms with Gasteiger partial charge in [0.2, 0.25) is 0 Å². The number of hydrogen-bond acceptors (Lipinski definition) is 0. The highest BCUT2D eigenvalue weighted by atomic mass is 14.2. The first kappa shape index (κ1) is 13.1. The second kappa shape index (κ2) is 6.51. The molecule has 0 nitrogen and oxygen atoms in total. The first-order valence-corrected chi connectivity index (χ1v) is 5.97. The van der Waals surface area contributed by atoms with E-state index in [-0.39, 0.29) is 0 Å². The fourth-order valence-corrected chi connectivity index (χ4v) is 2.34. The van der Waals surface area contributed by atoms with E-state index in [1.54, 1.807) is 0 Å². The van der Waals surface area contributed by atoms with E-state index in [1.807, 2.05) is 0 Å². The topological polar surface area (TPSA) is 0 Å². The highest BCUT2D eigenvalue weighted by molar-refractivity contribution is 6.11. The third kappa shape index (κ3) is 6.18. The number of hydrogen-bond donors (Lipinski definition) is 0. The van der Waals surface area contributed by atoms with Crippen LogP contribution < -0.4 is 0 Å². The van der Waals surface area contributed by atoms with E-state index in [9.17, 15) is 0 Å². The van der Waals surface area contributed by atoms with Crippen molar-refractivity contribution in [1.82, 2.24) is 0 Å². The van der Waals surface area contributed by atoms with Crippen LogP contribution in [0.5, 0.6) is 0 Å². The molecule has 0 aliphatic heterocycles. The van der Waals surface area contributed by atoms with Gasteiger partial charge < -0.3 is 0 Å². The van der Waals surface area contributed by atoms with Gasteiger partial charge in [-0.3, -0.25) is 0 Å². The SMILES string of the molecule is BC(C)CC(CC)C(C)CC(C)C. The smallest absolute Gasteiger partial charge is 0.0722 e. The maximum atomic E-state index is 2.43. The Morgan fingerprint density at radius 3 is 1.85 bits per heavy atom. The summed E-state index contributed by atoms with van der Waals surface area (Å²) < 4.78 is 0. The van der Waals surface area contributed by atoms with E-state index < -0.39 is 0 Å². The zero-order valence-corrected chi connectivity index (χ0v) is 10.4. The van der Waals surface area contributed by atoms with Gasteiger partial charge in [0, 0.05) is 0 Å². The molecule has 1 heteroatoms. The largest absolute Gasteiger partial charge is 0.105 e. The Labute approximate surface area is 85.9 Å². The average molecular weight is 182 g/mol. The van der Waals surface area contributed by atoms with Crippen LogP contribution in [-0.2, 0) is 0 Å². The van der Waals surface area contributed by atoms with Gasteiger partial charge in [0.05, 0.1) is 0 Å². The summed E-state index contributed by atoms with van der Waals surface area (Å²) in [6.45, 7) is 11.8. The third-order valence-electron chi connectivity index (χ3n) is 2.95. The average Bonchev–Trinajstić information content (AvgIpc) is 1.98. The van der Waals surface area contributed by atoms with E-state index in [2.05, 4.69) is 42.5 Å². The molecule has 3 atom stereocenters. The molecule has 0 rings (SSSR count). The molecule has 0 N–H and O–H groups in total. The van der Waals surface area contributed by atoms with Crippen LogP contribution in [0.2, 0.25) is 5.82 Å². The Morgan fingerprint density at radius 1 is 1.00 bits per heavy atom. The lowest BCUT2D eigenvalue weighted by Crippen LogP contribution is -2.14. The van der Waals surface area contributed by atoms with Gasteiger partial charge in [0.15, 0.2) is 0 Å². The Balaban J connectivity index is 3.91. The minimum Gasteiger partial charge on any atom is -0.0722 e. The van der Waals surface area contributed by atoms with E-state index in [1.165, 1.54) is 19.3 Å². The molecule has 0 saturated heterocycles. The molecule has 13 heavy (non-hydrogen) atoms. The van der Waals surface area contributed by atoms with E-state index in [0.29, 0.717) is 0 Å². The van der Waals surface area contributed by atoms with Gasteiger partial charge in [-0.25, -0.2) is 0 Å². The summed E-state index contributed by atoms with van der Waals surface area (Å²) >= 11 is 0. The van der Waals surface area contributed by atoms with Crippen molar-refractivity contribution in [2.45, 2.75) is 59.7 Å². The normalized spacial score (nSPS) is 18.6. The van der Waals surface area contributed by atoms with Gasteiger partial charge in [-0.05, 0) is 24.2 Å².